The van der Waals surface area contributed by atoms with E-state index in [-0.39, 0.29) is 28.6 Å². The van der Waals surface area contributed by atoms with Crippen LogP contribution in [0.3, 0.4) is 0 Å². The molecule has 0 aromatic carbocycles. The molecule has 5 rings (SSSR count). The van der Waals surface area contributed by atoms with Gasteiger partial charge in [-0.15, -0.1) is 5.10 Å². The quantitative estimate of drug-likeness (QED) is 0.686. The molecule has 0 saturated carbocycles. The number of H-pyrrole nitrogens is 1. The van der Waals surface area contributed by atoms with E-state index in [4.69, 9.17) is 26.4 Å². The van der Waals surface area contributed by atoms with Crippen molar-refractivity contribution < 1.29 is 14.2 Å². The molecule has 10 heteroatoms. The van der Waals surface area contributed by atoms with Crippen molar-refractivity contribution >= 4 is 23.4 Å². The molecule has 0 unspecified atom stereocenters. The minimum Gasteiger partial charge on any atom is -0.347 e. The summed E-state index contributed by atoms with van der Waals surface area (Å²) in [6, 6.07) is 0. The van der Waals surface area contributed by atoms with Gasteiger partial charge in [0.1, 0.15) is 23.0 Å². The van der Waals surface area contributed by atoms with E-state index in [9.17, 15) is 4.79 Å². The molecule has 5 heterocycles. The fourth-order valence-corrected chi connectivity index (χ4v) is 3.77. The Morgan fingerprint density at radius 2 is 2.14 bits per heavy atom. The zero-order valence-electron chi connectivity index (χ0n) is 11.8. The molecule has 0 spiro atoms. The van der Waals surface area contributed by atoms with E-state index < -0.39 is 12.0 Å². The number of fused-ring (bicyclic) bond motifs is 6. The lowest BCUT2D eigenvalue weighted by Gasteiger charge is -2.23. The highest BCUT2D eigenvalue weighted by Gasteiger charge is 2.57. The topological polar surface area (TPSA) is 96.2 Å². The second-order valence-corrected chi connectivity index (χ2v) is 6.61. The van der Waals surface area contributed by atoms with Gasteiger partial charge in [-0.3, -0.25) is 4.98 Å². The van der Waals surface area contributed by atoms with Crippen molar-refractivity contribution in [2.45, 2.75) is 50.7 Å². The Bertz CT molecular complexity index is 914. The summed E-state index contributed by atoms with van der Waals surface area (Å²) in [5.74, 6) is -0.704. The first kappa shape index (κ1) is 12.9. The molecule has 2 saturated heterocycles. The van der Waals surface area contributed by atoms with Gasteiger partial charge in [0.2, 0.25) is 0 Å². The average Bonchev–Trinajstić information content (AvgIpc) is 3.01. The second kappa shape index (κ2) is 3.82. The van der Waals surface area contributed by atoms with E-state index in [0.29, 0.717) is 17.7 Å². The highest BCUT2D eigenvalue weighted by atomic mass is 32.1. The number of aromatic amines is 1. The first-order chi connectivity index (χ1) is 10.4. The molecule has 4 atom stereocenters. The molecule has 0 radical (unpaired) electrons. The maximum Gasteiger partial charge on any atom is 0.330 e. The first-order valence-corrected chi connectivity index (χ1v) is 7.44. The van der Waals surface area contributed by atoms with Crippen LogP contribution in [0, 0.1) is 4.64 Å². The van der Waals surface area contributed by atoms with E-state index in [1.165, 1.54) is 4.57 Å². The van der Waals surface area contributed by atoms with Crippen molar-refractivity contribution in [3.8, 4) is 0 Å². The molecule has 2 aromatic heterocycles. The molecule has 3 aliphatic heterocycles. The van der Waals surface area contributed by atoms with Gasteiger partial charge in [0.15, 0.2) is 23.2 Å². The van der Waals surface area contributed by atoms with Gasteiger partial charge in [0.25, 0.3) is 0 Å². The Morgan fingerprint density at radius 1 is 1.36 bits per heavy atom. The summed E-state index contributed by atoms with van der Waals surface area (Å²) < 4.78 is 21.3. The lowest BCUT2D eigenvalue weighted by molar-refractivity contribution is -0.196. The largest absolute Gasteiger partial charge is 0.347 e. The lowest BCUT2D eigenvalue weighted by atomic mass is 10.1. The van der Waals surface area contributed by atoms with E-state index in [1.54, 1.807) is 4.68 Å². The van der Waals surface area contributed by atoms with Crippen molar-refractivity contribution in [3.05, 3.63) is 15.1 Å². The van der Waals surface area contributed by atoms with Gasteiger partial charge < -0.3 is 14.2 Å². The molecule has 0 aliphatic carbocycles. The average molecular weight is 323 g/mol. The molecular weight excluding hydrogens is 310 g/mol. The van der Waals surface area contributed by atoms with Gasteiger partial charge in [0.05, 0.1) is 6.54 Å². The molecule has 22 heavy (non-hydrogen) atoms. The second-order valence-electron chi connectivity index (χ2n) is 6.20. The number of hydrogen-bond acceptors (Lipinski definition) is 7. The van der Waals surface area contributed by atoms with Gasteiger partial charge >= 0.3 is 5.69 Å². The summed E-state index contributed by atoms with van der Waals surface area (Å²) in [5.41, 5.74) is 0.689. The predicted molar refractivity (Wildman–Crippen MR) is 74.7 cm³/mol. The zero-order valence-corrected chi connectivity index (χ0v) is 12.7. The van der Waals surface area contributed by atoms with Crippen molar-refractivity contribution in [2.24, 2.45) is 0 Å². The minimum atomic E-state index is -0.704. The van der Waals surface area contributed by atoms with Gasteiger partial charge in [-0.1, -0.05) is 17.4 Å². The molecule has 116 valence electrons. The lowest BCUT2D eigenvalue weighted by Crippen LogP contribution is -2.37. The fourth-order valence-electron chi connectivity index (χ4n) is 3.55. The summed E-state index contributed by atoms with van der Waals surface area (Å²) in [6.45, 7) is 4.15. The van der Waals surface area contributed by atoms with Crippen LogP contribution < -0.4 is 5.69 Å². The summed E-state index contributed by atoms with van der Waals surface area (Å²) in [7, 11) is 0. The van der Waals surface area contributed by atoms with Gasteiger partial charge in [-0.2, -0.15) is 0 Å². The van der Waals surface area contributed by atoms with Gasteiger partial charge in [-0.25, -0.2) is 14.0 Å². The monoisotopic (exact) mass is 323 g/mol. The van der Waals surface area contributed by atoms with Gasteiger partial charge in [0, 0.05) is 0 Å². The molecule has 2 bridgehead atoms. The molecule has 3 aliphatic rings. The Labute approximate surface area is 128 Å². The molecule has 9 nitrogen and oxygen atoms in total. The third kappa shape index (κ3) is 1.47. The van der Waals surface area contributed by atoms with Crippen LogP contribution in [0.1, 0.15) is 20.1 Å². The predicted octanol–water partition coefficient (Wildman–Crippen LogP) is 0.0817. The van der Waals surface area contributed by atoms with E-state index in [2.05, 4.69) is 15.3 Å². The van der Waals surface area contributed by atoms with Crippen LogP contribution in [0.25, 0.3) is 11.2 Å². The number of nitrogens with one attached hydrogen (secondary N) is 1. The van der Waals surface area contributed by atoms with Crippen molar-refractivity contribution in [1.29, 1.82) is 0 Å². The maximum atomic E-state index is 12.5. The molecule has 0 amide bonds. The highest BCUT2D eigenvalue weighted by molar-refractivity contribution is 7.71. The Hall–Kier alpha value is -1.62. The molecule has 2 fully saturated rings. The number of rotatable bonds is 0. The Balaban J connectivity index is 1.80. The normalized spacial score (nSPS) is 34.8. The standard InChI is InChI=1S/C12H13N5O4S/c1-12(2)20-6-4-3-16-9-5(14-15-16)8(22)13-11(18)17(9)10(19-4)7(6)21-12/h4,6-7,10H,3H2,1-2H3,(H,13,18,22)/t4-,6-,7-,10-/m1/s1. The first-order valence-electron chi connectivity index (χ1n) is 7.04. The van der Waals surface area contributed by atoms with Crippen LogP contribution in [0.4, 0.5) is 0 Å². The summed E-state index contributed by atoms with van der Waals surface area (Å²) in [4.78, 5) is 15.1. The Kier molecular flexibility index (Phi) is 2.24. The van der Waals surface area contributed by atoms with Crippen LogP contribution in [0.15, 0.2) is 4.79 Å². The summed E-state index contributed by atoms with van der Waals surface area (Å²) in [5, 5.41) is 8.17. The highest BCUT2D eigenvalue weighted by Crippen LogP contribution is 2.44. The van der Waals surface area contributed by atoms with Crippen LogP contribution >= 0.6 is 12.2 Å². The van der Waals surface area contributed by atoms with Crippen LogP contribution in [-0.2, 0) is 20.8 Å². The Morgan fingerprint density at radius 3 is 2.95 bits per heavy atom. The molecular formula is C12H13N5O4S. The van der Waals surface area contributed by atoms with E-state index in [1.807, 2.05) is 13.8 Å². The number of ether oxygens (including phenoxy) is 3. The third-order valence-electron chi connectivity index (χ3n) is 4.32. The van der Waals surface area contributed by atoms with E-state index >= 15 is 0 Å². The van der Waals surface area contributed by atoms with Gasteiger partial charge in [-0.05, 0) is 13.8 Å². The van der Waals surface area contributed by atoms with Crippen molar-refractivity contribution in [3.63, 3.8) is 0 Å². The summed E-state index contributed by atoms with van der Waals surface area (Å²) >= 11 is 5.16. The maximum absolute atomic E-state index is 12.5. The van der Waals surface area contributed by atoms with Crippen molar-refractivity contribution in [1.82, 2.24) is 24.5 Å². The van der Waals surface area contributed by atoms with Crippen LogP contribution in [0.5, 0.6) is 0 Å². The fraction of sp³-hybridized carbons (Fsp3) is 0.667. The summed E-state index contributed by atoms with van der Waals surface area (Å²) in [6.07, 6.45) is -1.44. The van der Waals surface area contributed by atoms with Crippen LogP contribution in [-0.4, -0.2) is 48.6 Å². The molecule has 2 aromatic rings. The smallest absolute Gasteiger partial charge is 0.330 e. The SMILES string of the molecule is CC1(C)O[C@@H]2[C@H](O1)[C@H]1Cn3nnc4c(=S)[nH]c(=O)n(c43)[C@@H]2O1. The number of hydrogen-bond donors (Lipinski definition) is 1. The molecule has 1 N–H and O–H groups in total. The van der Waals surface area contributed by atoms with E-state index in [0.717, 1.165) is 0 Å². The van der Waals surface area contributed by atoms with Crippen molar-refractivity contribution in [2.75, 3.05) is 0 Å². The number of nitrogens with zero attached hydrogens (tertiary/aromatic N) is 4. The van der Waals surface area contributed by atoms with Crippen LogP contribution in [0.2, 0.25) is 0 Å². The minimum absolute atomic E-state index is 0.248. The zero-order chi connectivity index (χ0) is 15.2. The third-order valence-corrected chi connectivity index (χ3v) is 4.62. The number of aromatic nitrogens is 5.